The lowest BCUT2D eigenvalue weighted by atomic mass is 9.92. The van der Waals surface area contributed by atoms with Gasteiger partial charge in [-0.1, -0.05) is 26.0 Å². The molecular weight excluding hydrogens is 376 g/mol. The summed E-state index contributed by atoms with van der Waals surface area (Å²) in [6.45, 7) is 8.32. The summed E-state index contributed by atoms with van der Waals surface area (Å²) in [4.78, 5) is 15.8. The third-order valence-electron chi connectivity index (χ3n) is 5.70. The van der Waals surface area contributed by atoms with Crippen molar-refractivity contribution < 1.29 is 18.1 Å². The van der Waals surface area contributed by atoms with Crippen molar-refractivity contribution in [3.8, 4) is 6.07 Å². The summed E-state index contributed by atoms with van der Waals surface area (Å²) in [7, 11) is -3.73. The number of carbonyl (C=O) groups excluding carboxylic acids is 1. The fourth-order valence-corrected chi connectivity index (χ4v) is 6.06. The molecule has 0 aliphatic carbocycles. The van der Waals surface area contributed by atoms with E-state index in [9.17, 15) is 18.5 Å². The maximum absolute atomic E-state index is 12.9. The Morgan fingerprint density at radius 2 is 1.75 bits per heavy atom. The number of carbonyl (C=O) groups is 1. The number of hydrogen-bond acceptors (Lipinski definition) is 4. The molecule has 7 nitrogen and oxygen atoms in total. The summed E-state index contributed by atoms with van der Waals surface area (Å²) in [6.07, 6.45) is 1.22. The van der Waals surface area contributed by atoms with Crippen LogP contribution in [0.4, 0.5) is 0 Å². The first-order valence-electron chi connectivity index (χ1n) is 9.92. The molecule has 8 heteroatoms. The number of piperidine rings is 1. The summed E-state index contributed by atoms with van der Waals surface area (Å²) in [5, 5.41) is 9.20. The predicted octanol–water partition coefficient (Wildman–Crippen LogP) is -0.0480. The molecule has 2 aliphatic rings. The highest BCUT2D eigenvalue weighted by Gasteiger charge is 2.33. The second-order valence-electron chi connectivity index (χ2n) is 8.17. The number of sulfonamides is 1. The highest BCUT2D eigenvalue weighted by atomic mass is 32.2. The van der Waals surface area contributed by atoms with E-state index in [4.69, 9.17) is 0 Å². The molecule has 2 atom stereocenters. The van der Waals surface area contributed by atoms with E-state index in [1.807, 2.05) is 6.07 Å². The number of nitrogens with zero attached hydrogens (tertiary/aromatic N) is 3. The molecule has 1 N–H and O–H groups in total. The lowest BCUT2D eigenvalue weighted by Crippen LogP contribution is -3.15. The van der Waals surface area contributed by atoms with Crippen LogP contribution < -0.4 is 4.90 Å². The van der Waals surface area contributed by atoms with Crippen LogP contribution in [-0.2, 0) is 14.8 Å². The third kappa shape index (κ3) is 4.54. The van der Waals surface area contributed by atoms with E-state index in [2.05, 4.69) is 13.8 Å². The number of rotatable bonds is 4. The smallest absolute Gasteiger partial charge is 0.277 e. The van der Waals surface area contributed by atoms with E-state index in [0.717, 1.165) is 13.1 Å². The quantitative estimate of drug-likeness (QED) is 0.761. The van der Waals surface area contributed by atoms with Crippen molar-refractivity contribution in [1.82, 2.24) is 9.21 Å². The topological polar surface area (TPSA) is 85.9 Å². The molecule has 1 aromatic carbocycles. The highest BCUT2D eigenvalue weighted by molar-refractivity contribution is 7.89. The maximum atomic E-state index is 12.9. The largest absolute Gasteiger partial charge is 0.335 e. The Kier molecular flexibility index (Phi) is 6.38. The molecule has 0 aromatic heterocycles. The molecule has 0 unspecified atom stereocenters. The van der Waals surface area contributed by atoms with Crippen molar-refractivity contribution in [2.24, 2.45) is 11.8 Å². The second-order valence-corrected chi connectivity index (χ2v) is 10.1. The number of hydrogen-bond donors (Lipinski definition) is 1. The average molecular weight is 406 g/mol. The van der Waals surface area contributed by atoms with Crippen molar-refractivity contribution in [3.05, 3.63) is 29.8 Å². The van der Waals surface area contributed by atoms with Crippen molar-refractivity contribution in [3.63, 3.8) is 0 Å². The zero-order chi connectivity index (χ0) is 20.3. The Hall–Kier alpha value is -1.95. The van der Waals surface area contributed by atoms with Gasteiger partial charge >= 0.3 is 0 Å². The summed E-state index contributed by atoms with van der Waals surface area (Å²) in [5.41, 5.74) is 0.151. The average Bonchev–Trinajstić information content (AvgIpc) is 2.67. The van der Waals surface area contributed by atoms with Gasteiger partial charge in [0.1, 0.15) is 6.07 Å². The van der Waals surface area contributed by atoms with Gasteiger partial charge in [0.2, 0.25) is 10.0 Å². The first-order chi connectivity index (χ1) is 13.3. The summed E-state index contributed by atoms with van der Waals surface area (Å²) in [5.74, 6) is 1.37. The van der Waals surface area contributed by atoms with Crippen LogP contribution in [0.5, 0.6) is 0 Å². The van der Waals surface area contributed by atoms with Gasteiger partial charge in [-0.05, 0) is 18.6 Å². The van der Waals surface area contributed by atoms with E-state index >= 15 is 0 Å². The number of piperazine rings is 1. The van der Waals surface area contributed by atoms with Crippen LogP contribution in [0, 0.1) is 23.2 Å². The monoisotopic (exact) mass is 405 g/mol. The number of benzene rings is 1. The van der Waals surface area contributed by atoms with Gasteiger partial charge in [0.15, 0.2) is 6.54 Å². The van der Waals surface area contributed by atoms with Crippen molar-refractivity contribution >= 4 is 15.9 Å². The number of nitriles is 1. The standard InChI is InChI=1S/C20H28N4O3S/c1-16-11-17(2)14-22(13-16)15-20(25)23-7-9-24(10-8-23)28(26,27)19-6-4-3-5-18(19)12-21/h3-6,16-17H,7-11,13-15H2,1-2H3/p+1/t16-,17-/m0/s1. The lowest BCUT2D eigenvalue weighted by molar-refractivity contribution is -0.904. The minimum Gasteiger partial charge on any atom is -0.335 e. The Labute approximate surface area is 167 Å². The first-order valence-corrected chi connectivity index (χ1v) is 11.4. The molecule has 0 saturated carbocycles. The van der Waals surface area contributed by atoms with E-state index in [1.165, 1.54) is 27.8 Å². The van der Waals surface area contributed by atoms with Crippen LogP contribution in [0.25, 0.3) is 0 Å². The van der Waals surface area contributed by atoms with Gasteiger partial charge in [0.05, 0.1) is 23.5 Å². The third-order valence-corrected chi connectivity index (χ3v) is 7.65. The molecule has 1 aromatic rings. The van der Waals surface area contributed by atoms with Gasteiger partial charge in [0, 0.05) is 38.0 Å². The number of likely N-dealkylation sites (tertiary alicyclic amines) is 1. The minimum absolute atomic E-state index is 0.0398. The van der Waals surface area contributed by atoms with Gasteiger partial charge in [-0.2, -0.15) is 9.57 Å². The molecule has 0 bridgehead atoms. The fraction of sp³-hybridized carbons (Fsp3) is 0.600. The molecule has 152 valence electrons. The number of nitrogens with one attached hydrogen (secondary N) is 1. The normalized spacial score (nSPS) is 26.6. The van der Waals surface area contributed by atoms with E-state index in [-0.39, 0.29) is 29.5 Å². The van der Waals surface area contributed by atoms with E-state index in [0.29, 0.717) is 31.5 Å². The van der Waals surface area contributed by atoms with Gasteiger partial charge in [-0.15, -0.1) is 0 Å². The SMILES string of the molecule is C[C@H]1C[C@H](C)C[NH+](CC(=O)N2CCN(S(=O)(=O)c3ccccc3C#N)CC2)C1. The van der Waals surface area contributed by atoms with Crippen molar-refractivity contribution in [2.75, 3.05) is 45.8 Å². The zero-order valence-electron chi connectivity index (χ0n) is 16.6. The highest BCUT2D eigenvalue weighted by Crippen LogP contribution is 2.21. The fourth-order valence-electron chi connectivity index (χ4n) is 4.49. The molecule has 2 fully saturated rings. The van der Waals surface area contributed by atoms with Crippen LogP contribution in [0.1, 0.15) is 25.8 Å². The molecule has 3 rings (SSSR count). The summed E-state index contributed by atoms with van der Waals surface area (Å²) in [6, 6.07) is 8.20. The molecule has 2 heterocycles. The zero-order valence-corrected chi connectivity index (χ0v) is 17.4. The van der Waals surface area contributed by atoms with Crippen LogP contribution in [-0.4, -0.2) is 69.3 Å². The molecular formula is C20H29N4O3S+. The minimum atomic E-state index is -3.73. The van der Waals surface area contributed by atoms with Gasteiger partial charge in [-0.3, -0.25) is 4.79 Å². The number of amides is 1. The summed E-state index contributed by atoms with van der Waals surface area (Å²) < 4.78 is 27.2. The van der Waals surface area contributed by atoms with Crippen LogP contribution in [0.2, 0.25) is 0 Å². The van der Waals surface area contributed by atoms with E-state index < -0.39 is 10.0 Å². The van der Waals surface area contributed by atoms with Crippen LogP contribution in [0.3, 0.4) is 0 Å². The second kappa shape index (κ2) is 8.60. The van der Waals surface area contributed by atoms with Gasteiger partial charge < -0.3 is 9.80 Å². The van der Waals surface area contributed by atoms with Crippen LogP contribution >= 0.6 is 0 Å². The molecule has 2 aliphatic heterocycles. The Morgan fingerprint density at radius 1 is 1.14 bits per heavy atom. The summed E-state index contributed by atoms with van der Waals surface area (Å²) >= 11 is 0. The maximum Gasteiger partial charge on any atom is 0.277 e. The Bertz CT molecular complexity index is 846. The first kappa shape index (κ1) is 20.8. The molecule has 28 heavy (non-hydrogen) atoms. The Balaban J connectivity index is 1.59. The molecule has 0 radical (unpaired) electrons. The molecule has 1 amide bonds. The van der Waals surface area contributed by atoms with Crippen LogP contribution in [0.15, 0.2) is 29.2 Å². The van der Waals surface area contributed by atoms with Gasteiger partial charge in [0.25, 0.3) is 5.91 Å². The predicted molar refractivity (Wildman–Crippen MR) is 105 cm³/mol. The van der Waals surface area contributed by atoms with E-state index in [1.54, 1.807) is 17.0 Å². The Morgan fingerprint density at radius 3 is 2.36 bits per heavy atom. The van der Waals surface area contributed by atoms with Crippen molar-refractivity contribution in [1.29, 1.82) is 5.26 Å². The number of quaternary nitrogens is 1. The molecule has 2 saturated heterocycles. The molecule has 0 spiro atoms. The van der Waals surface area contributed by atoms with Gasteiger partial charge in [-0.25, -0.2) is 8.42 Å². The van der Waals surface area contributed by atoms with Crippen molar-refractivity contribution in [2.45, 2.75) is 25.2 Å². The lowest BCUT2D eigenvalue weighted by Gasteiger charge is -2.36.